The van der Waals surface area contributed by atoms with E-state index in [9.17, 15) is 0 Å². The highest BCUT2D eigenvalue weighted by atomic mass is 32.2. The SMILES string of the molecule is C=CCCc1ccc2c(c1)Sc1ccccc1C2=C. The zero-order valence-electron chi connectivity index (χ0n) is 10.9. The lowest BCUT2D eigenvalue weighted by Gasteiger charge is -2.21. The van der Waals surface area contributed by atoms with E-state index in [1.807, 2.05) is 17.8 Å². The first-order chi connectivity index (χ1) is 9.29. The van der Waals surface area contributed by atoms with Crippen molar-refractivity contribution in [2.24, 2.45) is 0 Å². The Hall–Kier alpha value is -1.73. The standard InChI is InChI=1S/C18H16S/c1-3-4-7-14-10-11-16-13(2)15-8-5-6-9-17(15)19-18(16)12-14/h3,5-6,8-12H,1-2,4,7H2. The van der Waals surface area contributed by atoms with Crippen LogP contribution >= 0.6 is 11.8 Å². The highest BCUT2D eigenvalue weighted by molar-refractivity contribution is 7.99. The molecule has 0 aliphatic carbocycles. The lowest BCUT2D eigenvalue weighted by molar-refractivity contribution is 0.995. The third-order valence-corrected chi connectivity index (χ3v) is 4.57. The highest BCUT2D eigenvalue weighted by Gasteiger charge is 2.18. The van der Waals surface area contributed by atoms with Crippen molar-refractivity contribution in [1.29, 1.82) is 0 Å². The molecule has 0 fully saturated rings. The summed E-state index contributed by atoms with van der Waals surface area (Å²) >= 11 is 1.85. The average Bonchev–Trinajstić information content (AvgIpc) is 2.45. The normalized spacial score (nSPS) is 12.7. The molecule has 1 heteroatoms. The second-order valence-corrected chi connectivity index (χ2v) is 5.82. The van der Waals surface area contributed by atoms with Gasteiger partial charge in [-0.3, -0.25) is 0 Å². The lowest BCUT2D eigenvalue weighted by atomic mass is 9.97. The highest BCUT2D eigenvalue weighted by Crippen LogP contribution is 2.44. The maximum absolute atomic E-state index is 4.26. The predicted molar refractivity (Wildman–Crippen MR) is 83.7 cm³/mol. The van der Waals surface area contributed by atoms with Crippen molar-refractivity contribution in [2.75, 3.05) is 0 Å². The van der Waals surface area contributed by atoms with Crippen molar-refractivity contribution in [3.8, 4) is 0 Å². The van der Waals surface area contributed by atoms with Gasteiger partial charge in [0.1, 0.15) is 0 Å². The smallest absolute Gasteiger partial charge is 0.0203 e. The molecule has 2 aromatic rings. The van der Waals surface area contributed by atoms with Gasteiger partial charge in [0.05, 0.1) is 0 Å². The Morgan fingerprint density at radius 1 is 1.00 bits per heavy atom. The molecular weight excluding hydrogens is 248 g/mol. The van der Waals surface area contributed by atoms with Crippen molar-refractivity contribution in [2.45, 2.75) is 22.6 Å². The van der Waals surface area contributed by atoms with Crippen LogP contribution in [0.3, 0.4) is 0 Å². The number of benzene rings is 2. The van der Waals surface area contributed by atoms with Crippen molar-refractivity contribution < 1.29 is 0 Å². The second-order valence-electron chi connectivity index (χ2n) is 4.73. The Morgan fingerprint density at radius 3 is 2.63 bits per heavy atom. The fraction of sp³-hybridized carbons (Fsp3) is 0.111. The van der Waals surface area contributed by atoms with Gasteiger partial charge in [-0.05, 0) is 47.2 Å². The van der Waals surface area contributed by atoms with Gasteiger partial charge < -0.3 is 0 Å². The molecular formula is C18H16S. The van der Waals surface area contributed by atoms with Crippen molar-refractivity contribution in [3.63, 3.8) is 0 Å². The molecule has 0 unspecified atom stereocenters. The third-order valence-electron chi connectivity index (χ3n) is 3.44. The third kappa shape index (κ3) is 2.26. The first kappa shape index (κ1) is 12.3. The van der Waals surface area contributed by atoms with E-state index < -0.39 is 0 Å². The first-order valence-corrected chi connectivity index (χ1v) is 7.31. The van der Waals surface area contributed by atoms with E-state index in [0.717, 1.165) is 18.4 Å². The summed E-state index contributed by atoms with van der Waals surface area (Å²) in [5.41, 5.74) is 5.04. The van der Waals surface area contributed by atoms with E-state index in [1.54, 1.807) is 0 Å². The lowest BCUT2D eigenvalue weighted by Crippen LogP contribution is -1.98. The van der Waals surface area contributed by atoms with Crippen LogP contribution in [0.15, 0.2) is 71.5 Å². The predicted octanol–water partition coefficient (Wildman–Crippen LogP) is 5.33. The Bertz CT molecular complexity index is 652. The zero-order valence-corrected chi connectivity index (χ0v) is 11.7. The van der Waals surface area contributed by atoms with E-state index in [1.165, 1.54) is 26.5 Å². The molecule has 0 radical (unpaired) electrons. The van der Waals surface area contributed by atoms with Crippen LogP contribution in [0.5, 0.6) is 0 Å². The fourth-order valence-corrected chi connectivity index (χ4v) is 3.59. The van der Waals surface area contributed by atoms with Gasteiger partial charge in [-0.25, -0.2) is 0 Å². The number of hydrogen-bond acceptors (Lipinski definition) is 1. The first-order valence-electron chi connectivity index (χ1n) is 6.50. The summed E-state index contributed by atoms with van der Waals surface area (Å²) in [6.45, 7) is 8.04. The molecule has 2 aromatic carbocycles. The molecule has 0 spiro atoms. The second kappa shape index (κ2) is 5.10. The zero-order chi connectivity index (χ0) is 13.2. The van der Waals surface area contributed by atoms with Gasteiger partial charge in [0.2, 0.25) is 0 Å². The molecule has 1 aliphatic heterocycles. The summed E-state index contributed by atoms with van der Waals surface area (Å²) in [7, 11) is 0. The molecule has 0 atom stereocenters. The molecule has 0 saturated heterocycles. The van der Waals surface area contributed by atoms with Crippen LogP contribution in [0.2, 0.25) is 0 Å². The topological polar surface area (TPSA) is 0 Å². The van der Waals surface area contributed by atoms with Crippen molar-refractivity contribution >= 4 is 17.3 Å². The minimum absolute atomic E-state index is 1.03. The van der Waals surface area contributed by atoms with Gasteiger partial charge in [-0.15, -0.1) is 6.58 Å². The average molecular weight is 264 g/mol. The quantitative estimate of drug-likeness (QED) is 0.576. The van der Waals surface area contributed by atoms with Gasteiger partial charge >= 0.3 is 0 Å². The summed E-state index contributed by atoms with van der Waals surface area (Å²) < 4.78 is 0. The molecule has 1 heterocycles. The maximum atomic E-state index is 4.26. The molecule has 0 bridgehead atoms. The summed E-state index contributed by atoms with van der Waals surface area (Å²) in [6.07, 6.45) is 4.06. The van der Waals surface area contributed by atoms with Crippen LogP contribution in [0.1, 0.15) is 23.1 Å². The molecule has 19 heavy (non-hydrogen) atoms. The van der Waals surface area contributed by atoms with Crippen LogP contribution in [0, 0.1) is 0 Å². The van der Waals surface area contributed by atoms with E-state index in [-0.39, 0.29) is 0 Å². The van der Waals surface area contributed by atoms with Crippen LogP contribution < -0.4 is 0 Å². The monoisotopic (exact) mass is 264 g/mol. The van der Waals surface area contributed by atoms with Gasteiger partial charge in [0.15, 0.2) is 0 Å². The van der Waals surface area contributed by atoms with Gasteiger partial charge in [0, 0.05) is 9.79 Å². The number of fused-ring (bicyclic) bond motifs is 2. The minimum Gasteiger partial charge on any atom is -0.103 e. The largest absolute Gasteiger partial charge is 0.103 e. The Labute approximate surface area is 118 Å². The number of hydrogen-bond donors (Lipinski definition) is 0. The van der Waals surface area contributed by atoms with Crippen LogP contribution in [0.4, 0.5) is 0 Å². The molecule has 94 valence electrons. The maximum Gasteiger partial charge on any atom is 0.0203 e. The van der Waals surface area contributed by atoms with Crippen molar-refractivity contribution in [3.05, 3.63) is 78.4 Å². The number of rotatable bonds is 3. The fourth-order valence-electron chi connectivity index (χ4n) is 2.39. The van der Waals surface area contributed by atoms with Crippen LogP contribution in [0.25, 0.3) is 5.57 Å². The Kier molecular flexibility index (Phi) is 3.31. The summed E-state index contributed by atoms with van der Waals surface area (Å²) in [4.78, 5) is 2.63. The van der Waals surface area contributed by atoms with E-state index >= 15 is 0 Å². The van der Waals surface area contributed by atoms with Gasteiger partial charge in [-0.2, -0.15) is 0 Å². The molecule has 0 nitrogen and oxygen atoms in total. The molecule has 3 rings (SSSR count). The summed E-state index contributed by atoms with van der Waals surface area (Å²) in [5.74, 6) is 0. The van der Waals surface area contributed by atoms with Crippen LogP contribution in [-0.2, 0) is 6.42 Å². The van der Waals surface area contributed by atoms with Crippen LogP contribution in [-0.4, -0.2) is 0 Å². The van der Waals surface area contributed by atoms with E-state index in [2.05, 4.69) is 55.6 Å². The minimum atomic E-state index is 1.03. The number of aryl methyl sites for hydroxylation is 1. The van der Waals surface area contributed by atoms with E-state index in [0.29, 0.717) is 0 Å². The molecule has 0 saturated carbocycles. The molecule has 1 aliphatic rings. The Balaban J connectivity index is 2.00. The summed E-state index contributed by atoms with van der Waals surface area (Å²) in [6, 6.07) is 15.2. The van der Waals surface area contributed by atoms with Gasteiger partial charge in [0.25, 0.3) is 0 Å². The number of allylic oxidation sites excluding steroid dienone is 1. The summed E-state index contributed by atoms with van der Waals surface area (Å²) in [5, 5.41) is 0. The molecule has 0 N–H and O–H groups in total. The molecule has 0 aromatic heterocycles. The molecule has 0 amide bonds. The van der Waals surface area contributed by atoms with Crippen molar-refractivity contribution in [1.82, 2.24) is 0 Å². The van der Waals surface area contributed by atoms with E-state index in [4.69, 9.17) is 0 Å². The Morgan fingerprint density at radius 2 is 1.79 bits per heavy atom. The van der Waals surface area contributed by atoms with Gasteiger partial charge in [-0.1, -0.05) is 54.7 Å².